The lowest BCUT2D eigenvalue weighted by molar-refractivity contribution is -0.143. The maximum Gasteiger partial charge on any atom is 0.244 e. The van der Waals surface area contributed by atoms with Crippen LogP contribution in [0.1, 0.15) is 25.0 Å². The third-order valence-corrected chi connectivity index (χ3v) is 6.02. The largest absolute Gasteiger partial charge is 0.396 e. The maximum atomic E-state index is 13.0. The minimum Gasteiger partial charge on any atom is -0.396 e. The van der Waals surface area contributed by atoms with Gasteiger partial charge in [-0.3, -0.25) is 9.48 Å². The van der Waals surface area contributed by atoms with Gasteiger partial charge in [-0.05, 0) is 38.3 Å². The second-order valence-electron chi connectivity index (χ2n) is 7.62. The lowest BCUT2D eigenvalue weighted by Crippen LogP contribution is -2.64. The first-order valence-electron chi connectivity index (χ1n) is 9.54. The number of hydrogen-bond donors (Lipinski definition) is 1. The van der Waals surface area contributed by atoms with E-state index in [-0.39, 0.29) is 30.5 Å². The third kappa shape index (κ3) is 3.29. The number of aliphatic hydroxyl groups is 1. The topological polar surface area (TPSA) is 87.4 Å². The maximum absolute atomic E-state index is 13.0. The molecule has 0 bridgehead atoms. The molecule has 4 rings (SSSR count). The van der Waals surface area contributed by atoms with Gasteiger partial charge in [-0.2, -0.15) is 5.10 Å². The van der Waals surface area contributed by atoms with E-state index >= 15 is 0 Å². The zero-order valence-electron chi connectivity index (χ0n) is 15.7. The number of rotatable bonds is 4. The third-order valence-electron chi connectivity index (χ3n) is 6.02. The summed E-state index contributed by atoms with van der Waals surface area (Å²) in [5.74, 6) is 0.771. The van der Waals surface area contributed by atoms with Gasteiger partial charge in [0, 0.05) is 55.4 Å². The lowest BCUT2D eigenvalue weighted by Gasteiger charge is -2.54. The van der Waals surface area contributed by atoms with Gasteiger partial charge in [-0.1, -0.05) is 0 Å². The monoisotopic (exact) mass is 370 g/mol. The van der Waals surface area contributed by atoms with E-state index in [9.17, 15) is 9.90 Å². The van der Waals surface area contributed by atoms with Gasteiger partial charge in [-0.15, -0.1) is 0 Å². The van der Waals surface area contributed by atoms with E-state index in [4.69, 9.17) is 0 Å². The Morgan fingerprint density at radius 2 is 2.11 bits per heavy atom. The number of aromatic nitrogens is 4. The molecule has 8 heteroatoms. The SMILES string of the molecule is Cc1ccnn1CC(=O)N1CCC[C@]2(CO)CN(c3ncccn3)CC[C@@H]12. The molecule has 2 aromatic heterocycles. The van der Waals surface area contributed by atoms with Crippen LogP contribution in [0.15, 0.2) is 30.7 Å². The van der Waals surface area contributed by atoms with Crippen LogP contribution < -0.4 is 4.90 Å². The number of nitrogens with zero attached hydrogens (tertiary/aromatic N) is 6. The van der Waals surface area contributed by atoms with Crippen molar-refractivity contribution in [2.75, 3.05) is 31.1 Å². The number of aryl methyl sites for hydroxylation is 1. The Kier molecular flexibility index (Phi) is 4.82. The van der Waals surface area contributed by atoms with E-state index in [2.05, 4.69) is 20.0 Å². The summed E-state index contributed by atoms with van der Waals surface area (Å²) >= 11 is 0. The number of carbonyl (C=O) groups excluding carboxylic acids is 1. The number of amides is 1. The Labute approximate surface area is 158 Å². The van der Waals surface area contributed by atoms with Gasteiger partial charge in [0.25, 0.3) is 0 Å². The van der Waals surface area contributed by atoms with Gasteiger partial charge in [0.05, 0.1) is 6.61 Å². The Balaban J connectivity index is 1.54. The molecule has 8 nitrogen and oxygen atoms in total. The summed E-state index contributed by atoms with van der Waals surface area (Å²) in [5.41, 5.74) is 0.648. The highest BCUT2D eigenvalue weighted by Gasteiger charge is 2.49. The first-order valence-corrected chi connectivity index (χ1v) is 9.54. The molecule has 2 aliphatic heterocycles. The fraction of sp³-hybridized carbons (Fsp3) is 0.579. The number of carbonyl (C=O) groups is 1. The zero-order valence-corrected chi connectivity index (χ0v) is 15.7. The summed E-state index contributed by atoms with van der Waals surface area (Å²) in [6, 6.07) is 3.75. The predicted molar refractivity (Wildman–Crippen MR) is 100 cm³/mol. The Bertz CT molecular complexity index is 795. The van der Waals surface area contributed by atoms with Crippen molar-refractivity contribution in [1.82, 2.24) is 24.6 Å². The molecule has 0 radical (unpaired) electrons. The summed E-state index contributed by atoms with van der Waals surface area (Å²) < 4.78 is 1.74. The molecule has 2 fully saturated rings. The van der Waals surface area contributed by atoms with Crippen molar-refractivity contribution in [3.63, 3.8) is 0 Å². The molecule has 1 amide bonds. The second kappa shape index (κ2) is 7.26. The molecule has 2 aliphatic rings. The number of fused-ring (bicyclic) bond motifs is 1. The van der Waals surface area contributed by atoms with Crippen molar-refractivity contribution >= 4 is 11.9 Å². The molecule has 2 saturated heterocycles. The van der Waals surface area contributed by atoms with Crippen molar-refractivity contribution < 1.29 is 9.90 Å². The van der Waals surface area contributed by atoms with Crippen LogP contribution in [-0.2, 0) is 11.3 Å². The molecule has 144 valence electrons. The van der Waals surface area contributed by atoms with E-state index < -0.39 is 0 Å². The summed E-state index contributed by atoms with van der Waals surface area (Å²) in [4.78, 5) is 25.9. The zero-order chi connectivity index (χ0) is 18.9. The summed E-state index contributed by atoms with van der Waals surface area (Å²) in [6.07, 6.45) is 7.80. The number of piperidine rings is 2. The van der Waals surface area contributed by atoms with Crippen LogP contribution in [0.4, 0.5) is 5.95 Å². The van der Waals surface area contributed by atoms with Crippen LogP contribution in [-0.4, -0.2) is 67.9 Å². The Hall–Kier alpha value is -2.48. The van der Waals surface area contributed by atoms with E-state index in [1.54, 1.807) is 29.3 Å². The van der Waals surface area contributed by atoms with Crippen LogP contribution in [0.3, 0.4) is 0 Å². The van der Waals surface area contributed by atoms with Gasteiger partial charge in [0.2, 0.25) is 11.9 Å². The average Bonchev–Trinajstić information content (AvgIpc) is 3.12. The highest BCUT2D eigenvalue weighted by molar-refractivity contribution is 5.76. The van der Waals surface area contributed by atoms with Crippen molar-refractivity contribution in [3.8, 4) is 0 Å². The lowest BCUT2D eigenvalue weighted by atomic mass is 9.69. The van der Waals surface area contributed by atoms with E-state index in [0.29, 0.717) is 12.5 Å². The Morgan fingerprint density at radius 1 is 1.30 bits per heavy atom. The summed E-state index contributed by atoms with van der Waals surface area (Å²) in [7, 11) is 0. The normalized spacial score (nSPS) is 25.3. The van der Waals surface area contributed by atoms with Crippen LogP contribution in [0, 0.1) is 12.3 Å². The molecule has 0 unspecified atom stereocenters. The van der Waals surface area contributed by atoms with Gasteiger partial charge in [-0.25, -0.2) is 9.97 Å². The molecule has 4 heterocycles. The molecule has 0 aromatic carbocycles. The Morgan fingerprint density at radius 3 is 2.81 bits per heavy atom. The molecular formula is C19H26N6O2. The first-order chi connectivity index (χ1) is 13.1. The molecule has 0 saturated carbocycles. The second-order valence-corrected chi connectivity index (χ2v) is 7.62. The highest BCUT2D eigenvalue weighted by atomic mass is 16.3. The number of likely N-dealkylation sites (tertiary alicyclic amines) is 1. The minimum atomic E-state index is -0.329. The average molecular weight is 370 g/mol. The van der Waals surface area contributed by atoms with Gasteiger partial charge >= 0.3 is 0 Å². The highest BCUT2D eigenvalue weighted by Crippen LogP contribution is 2.42. The van der Waals surface area contributed by atoms with Crippen LogP contribution in [0.25, 0.3) is 0 Å². The number of aliphatic hydroxyl groups excluding tert-OH is 1. The van der Waals surface area contributed by atoms with Gasteiger partial charge in [0.1, 0.15) is 6.54 Å². The number of hydrogen-bond acceptors (Lipinski definition) is 6. The first kappa shape index (κ1) is 17.9. The standard InChI is InChI=1S/C19H26N6O2/c1-15-4-9-22-25(15)12-17(27)24-10-2-6-19(14-26)13-23(11-5-16(19)24)18-20-7-3-8-21-18/h3-4,7-9,16,26H,2,5-6,10-14H2,1H3/t16-,19-/m1/s1. The van der Waals surface area contributed by atoms with Crippen molar-refractivity contribution in [3.05, 3.63) is 36.4 Å². The van der Waals surface area contributed by atoms with E-state index in [1.807, 2.05) is 17.9 Å². The fourth-order valence-corrected chi connectivity index (χ4v) is 4.58. The predicted octanol–water partition coefficient (Wildman–Crippen LogP) is 0.862. The molecule has 27 heavy (non-hydrogen) atoms. The molecule has 0 aliphatic carbocycles. The van der Waals surface area contributed by atoms with Gasteiger partial charge < -0.3 is 14.9 Å². The van der Waals surface area contributed by atoms with Crippen molar-refractivity contribution in [2.24, 2.45) is 5.41 Å². The molecule has 2 aromatic rings. The van der Waals surface area contributed by atoms with E-state index in [0.717, 1.165) is 38.0 Å². The molecule has 0 spiro atoms. The van der Waals surface area contributed by atoms with Crippen LogP contribution in [0.2, 0.25) is 0 Å². The quantitative estimate of drug-likeness (QED) is 0.859. The van der Waals surface area contributed by atoms with Crippen LogP contribution >= 0.6 is 0 Å². The van der Waals surface area contributed by atoms with Crippen molar-refractivity contribution in [2.45, 2.75) is 38.8 Å². The van der Waals surface area contributed by atoms with Crippen LogP contribution in [0.5, 0.6) is 0 Å². The smallest absolute Gasteiger partial charge is 0.244 e. The van der Waals surface area contributed by atoms with Gasteiger partial charge in [0.15, 0.2) is 0 Å². The molecule has 1 N–H and O–H groups in total. The molecule has 2 atom stereocenters. The van der Waals surface area contributed by atoms with E-state index in [1.165, 1.54) is 0 Å². The summed E-state index contributed by atoms with van der Waals surface area (Å²) in [5, 5.41) is 14.6. The molecular weight excluding hydrogens is 344 g/mol. The minimum absolute atomic E-state index is 0.0413. The fourth-order valence-electron chi connectivity index (χ4n) is 4.58. The van der Waals surface area contributed by atoms with Crippen molar-refractivity contribution in [1.29, 1.82) is 0 Å². The summed E-state index contributed by atoms with van der Waals surface area (Å²) in [6.45, 7) is 4.46. The number of anilines is 1.